The van der Waals surface area contributed by atoms with E-state index >= 15 is 0 Å². The molecule has 8 heteroatoms. The number of carboxylic acid groups (broad SMARTS) is 1. The Labute approximate surface area is 176 Å². The molecule has 0 aliphatic carbocycles. The molecule has 0 bridgehead atoms. The number of aliphatic carboxylic acids is 1. The lowest BCUT2D eigenvalue weighted by Crippen LogP contribution is -2.21. The molecule has 0 amide bonds. The zero-order valence-electron chi connectivity index (χ0n) is 16.5. The smallest absolute Gasteiger partial charge is 0.311 e. The lowest BCUT2D eigenvalue weighted by Gasteiger charge is -2.20. The van der Waals surface area contributed by atoms with E-state index in [1.54, 1.807) is 13.8 Å². The first-order valence-electron chi connectivity index (χ1n) is 9.34. The lowest BCUT2D eigenvalue weighted by atomic mass is 9.84. The Morgan fingerprint density at radius 2 is 1.83 bits per heavy atom. The fourth-order valence-corrected chi connectivity index (χ4v) is 3.87. The van der Waals surface area contributed by atoms with Gasteiger partial charge in [-0.25, -0.2) is 8.78 Å². The molecule has 0 fully saturated rings. The highest BCUT2D eigenvalue weighted by Crippen LogP contribution is 2.39. The molecule has 2 N–H and O–H groups in total. The van der Waals surface area contributed by atoms with Crippen LogP contribution in [0.5, 0.6) is 5.75 Å². The minimum atomic E-state index is -1.10. The third-order valence-corrected chi connectivity index (χ3v) is 5.79. The number of phenolic OH excluding ortho intramolecular Hbond substituents is 1. The van der Waals surface area contributed by atoms with Crippen LogP contribution in [0.1, 0.15) is 47.8 Å². The zero-order valence-corrected chi connectivity index (χ0v) is 17.3. The third-order valence-electron chi connectivity index (χ3n) is 5.48. The van der Waals surface area contributed by atoms with Crippen molar-refractivity contribution in [2.75, 3.05) is 0 Å². The molecule has 1 heterocycles. The first-order chi connectivity index (χ1) is 14.1. The van der Waals surface area contributed by atoms with Crippen LogP contribution in [-0.2, 0) is 4.79 Å². The summed E-state index contributed by atoms with van der Waals surface area (Å²) < 4.78 is 29.2. The van der Waals surface area contributed by atoms with E-state index < -0.39 is 35.2 Å². The molecule has 0 aliphatic heterocycles. The number of phenols is 1. The van der Waals surface area contributed by atoms with Crippen LogP contribution in [0.4, 0.5) is 8.78 Å². The number of benzene rings is 2. The molecule has 2 aromatic carbocycles. The minimum absolute atomic E-state index is 0.0349. The zero-order chi connectivity index (χ0) is 22.3. The number of aromatic nitrogens is 1. The van der Waals surface area contributed by atoms with Gasteiger partial charge in [0.2, 0.25) is 0 Å². The van der Waals surface area contributed by atoms with Crippen LogP contribution in [0, 0.1) is 24.5 Å². The maximum atomic E-state index is 14.2. The summed E-state index contributed by atoms with van der Waals surface area (Å²) in [5.74, 6) is -5.45. The van der Waals surface area contributed by atoms with Gasteiger partial charge in [0.15, 0.2) is 11.6 Å². The van der Waals surface area contributed by atoms with Gasteiger partial charge in [-0.15, -0.1) is 0 Å². The number of fused-ring (bicyclic) bond motifs is 1. The molecule has 3 aromatic rings. The van der Waals surface area contributed by atoms with Crippen molar-refractivity contribution in [2.24, 2.45) is 5.92 Å². The predicted octanol–water partition coefficient (Wildman–Crippen LogP) is 5.49. The van der Waals surface area contributed by atoms with Gasteiger partial charge in [-0.3, -0.25) is 14.2 Å². The Morgan fingerprint density at radius 3 is 2.40 bits per heavy atom. The van der Waals surface area contributed by atoms with Crippen LogP contribution < -0.4 is 0 Å². The van der Waals surface area contributed by atoms with Crippen LogP contribution in [0.2, 0.25) is 5.02 Å². The summed E-state index contributed by atoms with van der Waals surface area (Å²) in [5, 5.41) is 19.9. The number of carboxylic acids is 1. The van der Waals surface area contributed by atoms with E-state index in [1.165, 1.54) is 12.1 Å². The highest BCUT2D eigenvalue weighted by molar-refractivity contribution is 6.30. The molecule has 5 nitrogen and oxygen atoms in total. The number of halogens is 3. The average molecular weight is 436 g/mol. The van der Waals surface area contributed by atoms with Crippen molar-refractivity contribution in [3.8, 4) is 5.75 Å². The van der Waals surface area contributed by atoms with E-state index in [0.717, 1.165) is 22.8 Å². The second-order valence-corrected chi connectivity index (χ2v) is 7.70. The number of hydrogen-bond acceptors (Lipinski definition) is 3. The Balaban J connectivity index is 2.36. The molecule has 0 saturated carbocycles. The highest BCUT2D eigenvalue weighted by atomic mass is 35.5. The molecule has 1 aromatic heterocycles. The number of carbonyl (C=O) groups is 2. The van der Waals surface area contributed by atoms with E-state index in [2.05, 4.69) is 0 Å². The molecule has 2 atom stereocenters. The largest absolute Gasteiger partial charge is 0.505 e. The van der Waals surface area contributed by atoms with Gasteiger partial charge >= 0.3 is 5.97 Å². The first kappa shape index (κ1) is 21.8. The minimum Gasteiger partial charge on any atom is -0.505 e. The van der Waals surface area contributed by atoms with Crippen molar-refractivity contribution in [1.82, 2.24) is 4.57 Å². The summed E-state index contributed by atoms with van der Waals surface area (Å²) in [6, 6.07) is 5.63. The van der Waals surface area contributed by atoms with Crippen LogP contribution in [-0.4, -0.2) is 26.7 Å². The van der Waals surface area contributed by atoms with E-state index in [0.29, 0.717) is 12.0 Å². The van der Waals surface area contributed by atoms with E-state index in [-0.39, 0.29) is 33.1 Å². The monoisotopic (exact) mass is 435 g/mol. The Bertz CT molecular complexity index is 1170. The second-order valence-electron chi connectivity index (χ2n) is 7.29. The van der Waals surface area contributed by atoms with Gasteiger partial charge < -0.3 is 10.2 Å². The number of aromatic hydroxyl groups is 1. The molecule has 0 spiro atoms. The van der Waals surface area contributed by atoms with Gasteiger partial charge in [0, 0.05) is 22.7 Å². The van der Waals surface area contributed by atoms with E-state index in [9.17, 15) is 28.6 Å². The summed E-state index contributed by atoms with van der Waals surface area (Å²) >= 11 is 5.69. The first-order valence-corrected chi connectivity index (χ1v) is 9.72. The molecule has 3 rings (SSSR count). The molecule has 158 valence electrons. The molecule has 30 heavy (non-hydrogen) atoms. The Kier molecular flexibility index (Phi) is 5.85. The van der Waals surface area contributed by atoms with Crippen LogP contribution in [0.15, 0.2) is 30.3 Å². The number of carbonyl (C=O) groups excluding carboxylic acids is 1. The van der Waals surface area contributed by atoms with Crippen molar-refractivity contribution in [1.29, 1.82) is 0 Å². The molecule has 2 unspecified atom stereocenters. The molecule has 0 aliphatic rings. The normalized spacial score (nSPS) is 13.4. The van der Waals surface area contributed by atoms with Crippen molar-refractivity contribution < 1.29 is 28.6 Å². The van der Waals surface area contributed by atoms with Gasteiger partial charge in [0.25, 0.3) is 5.91 Å². The van der Waals surface area contributed by atoms with E-state index in [1.807, 2.05) is 6.92 Å². The van der Waals surface area contributed by atoms with Crippen LogP contribution >= 0.6 is 11.6 Å². The fraction of sp³-hybridized carbons (Fsp3) is 0.273. The Morgan fingerprint density at radius 1 is 1.17 bits per heavy atom. The SMILES string of the molecule is CCC(C)C(C(=O)O)c1c(C)n(C(=O)c2ccc(Cl)c(F)c2)c2cc(F)c(O)cc12. The predicted molar refractivity (Wildman–Crippen MR) is 109 cm³/mol. The number of hydrogen-bond donors (Lipinski definition) is 2. The van der Waals surface area contributed by atoms with Crippen molar-refractivity contribution in [2.45, 2.75) is 33.1 Å². The lowest BCUT2D eigenvalue weighted by molar-refractivity contribution is -0.140. The fourth-order valence-electron chi connectivity index (χ4n) is 3.75. The third kappa shape index (κ3) is 3.54. The molecule has 0 radical (unpaired) electrons. The number of rotatable bonds is 5. The topological polar surface area (TPSA) is 79.5 Å². The quantitative estimate of drug-likeness (QED) is 0.555. The van der Waals surface area contributed by atoms with Gasteiger partial charge in [-0.2, -0.15) is 0 Å². The van der Waals surface area contributed by atoms with Gasteiger partial charge in [-0.05, 0) is 42.7 Å². The summed E-state index contributed by atoms with van der Waals surface area (Å²) in [4.78, 5) is 25.3. The van der Waals surface area contributed by atoms with Gasteiger partial charge in [-0.1, -0.05) is 31.9 Å². The maximum Gasteiger partial charge on any atom is 0.311 e. The van der Waals surface area contributed by atoms with Crippen molar-refractivity contribution >= 4 is 34.4 Å². The van der Waals surface area contributed by atoms with Gasteiger partial charge in [0.1, 0.15) is 5.82 Å². The highest BCUT2D eigenvalue weighted by Gasteiger charge is 2.33. The van der Waals surface area contributed by atoms with E-state index in [4.69, 9.17) is 11.6 Å². The van der Waals surface area contributed by atoms with Gasteiger partial charge in [0.05, 0.1) is 16.5 Å². The maximum absolute atomic E-state index is 14.2. The standard InChI is InChI=1S/C22H20ClF2NO4/c1-4-10(2)19(22(29)30)20-11(3)26(17-9-16(25)18(27)8-13(17)20)21(28)12-5-6-14(23)15(24)7-12/h5-10,19,27H,4H2,1-3H3,(H,29,30). The summed E-state index contributed by atoms with van der Waals surface area (Å²) in [6.45, 7) is 5.15. The summed E-state index contributed by atoms with van der Waals surface area (Å²) in [6.07, 6.45) is 0.548. The molecular weight excluding hydrogens is 416 g/mol. The van der Waals surface area contributed by atoms with Crippen molar-refractivity contribution in [3.63, 3.8) is 0 Å². The summed E-state index contributed by atoms with van der Waals surface area (Å²) in [5.41, 5.74) is 0.646. The molecule has 0 saturated heterocycles. The summed E-state index contributed by atoms with van der Waals surface area (Å²) in [7, 11) is 0. The second kappa shape index (κ2) is 8.07. The van der Waals surface area contributed by atoms with Crippen LogP contribution in [0.3, 0.4) is 0 Å². The van der Waals surface area contributed by atoms with Crippen molar-refractivity contribution in [3.05, 3.63) is 63.8 Å². The van der Waals surface area contributed by atoms with Crippen LogP contribution in [0.25, 0.3) is 10.9 Å². The Hall–Kier alpha value is -2.93. The average Bonchev–Trinajstić information content (AvgIpc) is 2.95. The molecular formula is C22H20ClF2NO4. The number of nitrogens with zero attached hydrogens (tertiary/aromatic N) is 1.